The Bertz CT molecular complexity index is 660. The number of carbonyl (C=O) groups excluding carboxylic acids is 1. The number of halogens is 3. The largest absolute Gasteiger partial charge is 0.482 e. The lowest BCUT2D eigenvalue weighted by Gasteiger charge is -2.15. The van der Waals surface area contributed by atoms with Gasteiger partial charge in [0, 0.05) is 11.8 Å². The molecule has 1 N–H and O–H groups in total. The second kappa shape index (κ2) is 7.13. The van der Waals surface area contributed by atoms with Gasteiger partial charge in [-0.2, -0.15) is 13.2 Å². The lowest BCUT2D eigenvalue weighted by molar-refractivity contribution is -0.153. The number of pyridine rings is 1. The average Bonchev–Trinajstić information content (AvgIpc) is 2.53. The van der Waals surface area contributed by atoms with E-state index in [1.807, 2.05) is 0 Å². The van der Waals surface area contributed by atoms with Crippen LogP contribution >= 0.6 is 0 Å². The van der Waals surface area contributed by atoms with E-state index in [-0.39, 0.29) is 11.7 Å². The third-order valence-corrected chi connectivity index (χ3v) is 3.02. The van der Waals surface area contributed by atoms with Gasteiger partial charge < -0.3 is 10.1 Å². The second-order valence-corrected chi connectivity index (χ2v) is 4.92. The highest BCUT2D eigenvalue weighted by molar-refractivity contribution is 5.94. The maximum absolute atomic E-state index is 12.2. The molecule has 0 aliphatic rings. The van der Waals surface area contributed by atoms with Gasteiger partial charge in [0.1, 0.15) is 5.75 Å². The first-order chi connectivity index (χ1) is 10.8. The standard InChI is InChI=1S/C16H15F3N2O2/c1-11(21-15(22)12-5-3-2-4-6-12)13-7-14(9-20-8-13)23-10-16(17,18)19/h2-9,11H,10H2,1H3,(H,21,22). The van der Waals surface area contributed by atoms with Crippen molar-refractivity contribution in [3.05, 3.63) is 59.9 Å². The van der Waals surface area contributed by atoms with Crippen LogP contribution in [-0.4, -0.2) is 23.7 Å². The van der Waals surface area contributed by atoms with Crippen molar-refractivity contribution >= 4 is 5.91 Å². The lowest BCUT2D eigenvalue weighted by Crippen LogP contribution is -2.26. The molecule has 4 nitrogen and oxygen atoms in total. The molecule has 0 saturated carbocycles. The van der Waals surface area contributed by atoms with Crippen molar-refractivity contribution in [1.29, 1.82) is 0 Å². The first kappa shape index (κ1) is 16.8. The zero-order valence-corrected chi connectivity index (χ0v) is 12.3. The number of carbonyl (C=O) groups is 1. The molecular formula is C16H15F3N2O2. The molecule has 23 heavy (non-hydrogen) atoms. The number of hydrogen-bond acceptors (Lipinski definition) is 3. The van der Waals surface area contributed by atoms with Gasteiger partial charge in [-0.3, -0.25) is 9.78 Å². The fourth-order valence-electron chi connectivity index (χ4n) is 1.87. The number of amides is 1. The summed E-state index contributed by atoms with van der Waals surface area (Å²) in [5.41, 5.74) is 1.05. The molecule has 0 aliphatic heterocycles. The number of rotatable bonds is 5. The second-order valence-electron chi connectivity index (χ2n) is 4.92. The number of alkyl halides is 3. The number of hydrogen-bond donors (Lipinski definition) is 1. The van der Waals surface area contributed by atoms with Crippen LogP contribution in [0, 0.1) is 0 Å². The van der Waals surface area contributed by atoms with Crippen molar-refractivity contribution in [1.82, 2.24) is 10.3 Å². The number of nitrogens with zero attached hydrogens (tertiary/aromatic N) is 1. The highest BCUT2D eigenvalue weighted by Crippen LogP contribution is 2.21. The Kier molecular flexibility index (Phi) is 5.20. The van der Waals surface area contributed by atoms with Crippen molar-refractivity contribution in [2.45, 2.75) is 19.1 Å². The summed E-state index contributed by atoms with van der Waals surface area (Å²) in [7, 11) is 0. The number of aromatic nitrogens is 1. The minimum Gasteiger partial charge on any atom is -0.482 e. The lowest BCUT2D eigenvalue weighted by atomic mass is 10.1. The third-order valence-electron chi connectivity index (χ3n) is 3.02. The van der Waals surface area contributed by atoms with Crippen LogP contribution in [0.1, 0.15) is 28.9 Å². The Labute approximate surface area is 131 Å². The Hall–Kier alpha value is -2.57. The number of benzene rings is 1. The number of ether oxygens (including phenoxy) is 1. The van der Waals surface area contributed by atoms with Crippen LogP contribution in [0.3, 0.4) is 0 Å². The Balaban J connectivity index is 2.02. The van der Waals surface area contributed by atoms with Crippen molar-refractivity contribution < 1.29 is 22.7 Å². The third kappa shape index (κ3) is 5.28. The molecule has 0 spiro atoms. The highest BCUT2D eigenvalue weighted by atomic mass is 19.4. The van der Waals surface area contributed by atoms with Crippen LogP contribution in [0.2, 0.25) is 0 Å². The van der Waals surface area contributed by atoms with Gasteiger partial charge in [0.15, 0.2) is 6.61 Å². The SMILES string of the molecule is CC(NC(=O)c1ccccc1)c1cncc(OCC(F)(F)F)c1. The van der Waals surface area contributed by atoms with Gasteiger partial charge in [-0.25, -0.2) is 0 Å². The van der Waals surface area contributed by atoms with Crippen molar-refractivity contribution in [3.8, 4) is 5.75 Å². The van der Waals surface area contributed by atoms with Crippen molar-refractivity contribution in [2.24, 2.45) is 0 Å². The molecule has 2 aromatic rings. The molecule has 2 rings (SSSR count). The molecule has 1 heterocycles. The molecule has 1 amide bonds. The monoisotopic (exact) mass is 324 g/mol. The van der Waals surface area contributed by atoms with Crippen LogP contribution in [0.15, 0.2) is 48.8 Å². The van der Waals surface area contributed by atoms with E-state index in [0.29, 0.717) is 11.1 Å². The molecule has 1 aromatic heterocycles. The van der Waals surface area contributed by atoms with Crippen LogP contribution in [0.25, 0.3) is 0 Å². The summed E-state index contributed by atoms with van der Waals surface area (Å²) in [6.45, 7) is 0.328. The van der Waals surface area contributed by atoms with Crippen LogP contribution in [-0.2, 0) is 0 Å². The topological polar surface area (TPSA) is 51.2 Å². The van der Waals surface area contributed by atoms with Gasteiger partial charge in [-0.05, 0) is 30.7 Å². The minimum absolute atomic E-state index is 0.000588. The summed E-state index contributed by atoms with van der Waals surface area (Å²) in [6.07, 6.45) is -1.75. The molecular weight excluding hydrogens is 309 g/mol. The van der Waals surface area contributed by atoms with Crippen molar-refractivity contribution in [2.75, 3.05) is 6.61 Å². The van der Waals surface area contributed by atoms with Gasteiger partial charge in [0.25, 0.3) is 5.91 Å². The quantitative estimate of drug-likeness (QED) is 0.915. The predicted molar refractivity (Wildman–Crippen MR) is 78.1 cm³/mol. The van der Waals surface area contributed by atoms with E-state index in [4.69, 9.17) is 0 Å². The minimum atomic E-state index is -4.41. The molecule has 1 atom stereocenters. The van der Waals surface area contributed by atoms with Gasteiger partial charge in [-0.15, -0.1) is 0 Å². The fourth-order valence-corrected chi connectivity index (χ4v) is 1.87. The Morgan fingerprint density at radius 1 is 1.26 bits per heavy atom. The molecule has 0 aliphatic carbocycles. The van der Waals surface area contributed by atoms with E-state index in [9.17, 15) is 18.0 Å². The normalized spacial score (nSPS) is 12.5. The van der Waals surface area contributed by atoms with Gasteiger partial charge in [0.05, 0.1) is 12.2 Å². The molecule has 0 bridgehead atoms. The smallest absolute Gasteiger partial charge is 0.422 e. The predicted octanol–water partition coefficient (Wildman–Crippen LogP) is 3.51. The van der Waals surface area contributed by atoms with Crippen LogP contribution < -0.4 is 10.1 Å². The van der Waals surface area contributed by atoms with E-state index in [1.54, 1.807) is 37.3 Å². The molecule has 7 heteroatoms. The summed E-state index contributed by atoms with van der Waals surface area (Å²) in [4.78, 5) is 15.9. The summed E-state index contributed by atoms with van der Waals surface area (Å²) in [6, 6.07) is 9.62. The molecule has 1 aromatic carbocycles. The van der Waals surface area contributed by atoms with E-state index in [2.05, 4.69) is 15.0 Å². The average molecular weight is 324 g/mol. The van der Waals surface area contributed by atoms with E-state index < -0.39 is 18.8 Å². The highest BCUT2D eigenvalue weighted by Gasteiger charge is 2.28. The van der Waals surface area contributed by atoms with Crippen molar-refractivity contribution in [3.63, 3.8) is 0 Å². The van der Waals surface area contributed by atoms with E-state index in [1.165, 1.54) is 18.5 Å². The number of nitrogens with one attached hydrogen (secondary N) is 1. The first-order valence-corrected chi connectivity index (χ1v) is 6.85. The van der Waals surface area contributed by atoms with E-state index >= 15 is 0 Å². The zero-order valence-electron chi connectivity index (χ0n) is 12.3. The fraction of sp³-hybridized carbons (Fsp3) is 0.250. The summed E-state index contributed by atoms with van der Waals surface area (Å²) in [5, 5.41) is 2.76. The van der Waals surface area contributed by atoms with Crippen LogP contribution in [0.4, 0.5) is 13.2 Å². The Morgan fingerprint density at radius 3 is 2.61 bits per heavy atom. The molecule has 0 fully saturated rings. The molecule has 122 valence electrons. The van der Waals surface area contributed by atoms with Gasteiger partial charge >= 0.3 is 6.18 Å². The van der Waals surface area contributed by atoms with Gasteiger partial charge in [-0.1, -0.05) is 18.2 Å². The molecule has 1 unspecified atom stereocenters. The zero-order chi connectivity index (χ0) is 16.9. The summed E-state index contributed by atoms with van der Waals surface area (Å²) in [5.74, 6) is -0.277. The van der Waals surface area contributed by atoms with E-state index in [0.717, 1.165) is 0 Å². The molecule has 0 radical (unpaired) electrons. The maximum atomic E-state index is 12.2. The first-order valence-electron chi connectivity index (χ1n) is 6.85. The summed E-state index contributed by atoms with van der Waals surface area (Å²) < 4.78 is 41.1. The Morgan fingerprint density at radius 2 is 1.96 bits per heavy atom. The van der Waals surface area contributed by atoms with Crippen LogP contribution in [0.5, 0.6) is 5.75 Å². The maximum Gasteiger partial charge on any atom is 0.422 e. The van der Waals surface area contributed by atoms with Gasteiger partial charge in [0.2, 0.25) is 0 Å². The molecule has 0 saturated heterocycles. The summed E-state index contributed by atoms with van der Waals surface area (Å²) >= 11 is 0.